The van der Waals surface area contributed by atoms with Gasteiger partial charge in [0.2, 0.25) is 5.91 Å². The molecule has 4 nitrogen and oxygen atoms in total. The molecule has 54 valence electrons. The molecule has 1 aromatic heterocycles. The quantitative estimate of drug-likeness (QED) is 0.624. The van der Waals surface area contributed by atoms with Crippen LogP contribution < -0.4 is 0 Å². The van der Waals surface area contributed by atoms with E-state index in [1.54, 1.807) is 6.20 Å². The number of aliphatic hydroxyl groups excluding tert-OH is 1. The molecule has 0 aliphatic carbocycles. The number of imidazole rings is 1. The van der Waals surface area contributed by atoms with Crippen molar-refractivity contribution in [2.75, 3.05) is 6.61 Å². The molecule has 10 heavy (non-hydrogen) atoms. The number of rotatable bonds is 2. The van der Waals surface area contributed by atoms with E-state index in [0.29, 0.717) is 0 Å². The average molecular weight is 140 g/mol. The summed E-state index contributed by atoms with van der Waals surface area (Å²) in [4.78, 5) is 14.6. The first-order chi connectivity index (χ1) is 4.84. The number of aliphatic hydroxyl groups is 1. The van der Waals surface area contributed by atoms with Crippen LogP contribution in [0.3, 0.4) is 0 Å². The van der Waals surface area contributed by atoms with Crippen LogP contribution >= 0.6 is 0 Å². The van der Waals surface area contributed by atoms with Crippen molar-refractivity contribution in [2.45, 2.75) is 6.42 Å². The number of hydrogen-bond acceptors (Lipinski definition) is 3. The van der Waals surface area contributed by atoms with E-state index in [9.17, 15) is 4.79 Å². The Bertz CT molecular complexity index is 206. The lowest BCUT2D eigenvalue weighted by molar-refractivity contribution is 0.0875. The van der Waals surface area contributed by atoms with E-state index in [0.717, 1.165) is 0 Å². The minimum absolute atomic E-state index is 0.114. The van der Waals surface area contributed by atoms with Gasteiger partial charge in [-0.1, -0.05) is 0 Å². The van der Waals surface area contributed by atoms with Gasteiger partial charge in [-0.05, 0) is 0 Å². The second-order valence-electron chi connectivity index (χ2n) is 1.84. The van der Waals surface area contributed by atoms with E-state index in [1.807, 2.05) is 0 Å². The molecule has 0 aromatic carbocycles. The van der Waals surface area contributed by atoms with Gasteiger partial charge in [0.1, 0.15) is 6.33 Å². The summed E-state index contributed by atoms with van der Waals surface area (Å²) < 4.78 is 1.34. The smallest absolute Gasteiger partial charge is 0.234 e. The molecule has 0 aliphatic rings. The normalized spacial score (nSPS) is 9.70. The van der Waals surface area contributed by atoms with Gasteiger partial charge >= 0.3 is 0 Å². The summed E-state index contributed by atoms with van der Waals surface area (Å²) in [6.45, 7) is -0.114. The van der Waals surface area contributed by atoms with Crippen LogP contribution in [0.4, 0.5) is 0 Å². The Hall–Kier alpha value is -1.16. The molecule has 1 N–H and O–H groups in total. The molecule has 0 radical (unpaired) electrons. The molecule has 4 heteroatoms. The van der Waals surface area contributed by atoms with E-state index in [2.05, 4.69) is 4.98 Å². The third kappa shape index (κ3) is 1.41. The van der Waals surface area contributed by atoms with Gasteiger partial charge in [-0.25, -0.2) is 4.98 Å². The monoisotopic (exact) mass is 140 g/mol. The maximum atomic E-state index is 10.9. The number of nitrogens with zero attached hydrogens (tertiary/aromatic N) is 2. The van der Waals surface area contributed by atoms with Gasteiger partial charge in [0.25, 0.3) is 0 Å². The highest BCUT2D eigenvalue weighted by atomic mass is 16.3. The van der Waals surface area contributed by atoms with Crippen LogP contribution in [-0.2, 0) is 0 Å². The first kappa shape index (κ1) is 6.95. The second-order valence-corrected chi connectivity index (χ2v) is 1.84. The summed E-state index contributed by atoms with van der Waals surface area (Å²) in [6.07, 6.45) is 4.64. The van der Waals surface area contributed by atoms with Gasteiger partial charge in [-0.2, -0.15) is 0 Å². The van der Waals surface area contributed by atoms with Gasteiger partial charge in [0.15, 0.2) is 0 Å². The molecule has 1 rings (SSSR count). The van der Waals surface area contributed by atoms with Gasteiger partial charge in [0, 0.05) is 12.4 Å². The second kappa shape index (κ2) is 3.12. The minimum Gasteiger partial charge on any atom is -0.396 e. The van der Waals surface area contributed by atoms with Crippen LogP contribution in [0, 0.1) is 0 Å². The molecule has 1 heterocycles. The van der Waals surface area contributed by atoms with Crippen molar-refractivity contribution in [3.63, 3.8) is 0 Å². The summed E-state index contributed by atoms with van der Waals surface area (Å²) in [6, 6.07) is 0. The van der Waals surface area contributed by atoms with Crippen molar-refractivity contribution in [3.05, 3.63) is 18.7 Å². The maximum absolute atomic E-state index is 10.9. The summed E-state index contributed by atoms with van der Waals surface area (Å²) in [5, 5.41) is 8.38. The Morgan fingerprint density at radius 3 is 3.00 bits per heavy atom. The number of hydrogen-bond donors (Lipinski definition) is 1. The third-order valence-electron chi connectivity index (χ3n) is 1.12. The Labute approximate surface area is 58.1 Å². The largest absolute Gasteiger partial charge is 0.396 e. The highest BCUT2D eigenvalue weighted by Crippen LogP contribution is 1.88. The number of carbonyl (C=O) groups excluding carboxylic acids is 1. The zero-order chi connectivity index (χ0) is 7.40. The summed E-state index contributed by atoms with van der Waals surface area (Å²) >= 11 is 0. The summed E-state index contributed by atoms with van der Waals surface area (Å²) in [5.74, 6) is -0.139. The molecule has 1 aromatic rings. The molecule has 0 amide bonds. The lowest BCUT2D eigenvalue weighted by atomic mass is 10.4. The number of aromatic nitrogens is 2. The maximum Gasteiger partial charge on any atom is 0.234 e. The highest BCUT2D eigenvalue weighted by molar-refractivity contribution is 5.78. The SMILES string of the molecule is O=C(CCO)n1ccnc1. The standard InChI is InChI=1S/C6H8N2O2/c9-4-1-6(10)8-3-2-7-5-8/h2-3,5,9H,1,4H2. The molecule has 0 atom stereocenters. The van der Waals surface area contributed by atoms with Gasteiger partial charge in [-0.3, -0.25) is 9.36 Å². The Morgan fingerprint density at radius 1 is 1.70 bits per heavy atom. The molecular weight excluding hydrogens is 132 g/mol. The van der Waals surface area contributed by atoms with E-state index in [4.69, 9.17) is 5.11 Å². The molecule has 0 bridgehead atoms. The van der Waals surface area contributed by atoms with Crippen LogP contribution in [-0.4, -0.2) is 27.2 Å². The topological polar surface area (TPSA) is 55.1 Å². The van der Waals surface area contributed by atoms with Crippen molar-refractivity contribution in [1.29, 1.82) is 0 Å². The summed E-state index contributed by atoms with van der Waals surface area (Å²) in [7, 11) is 0. The van der Waals surface area contributed by atoms with Crippen molar-refractivity contribution < 1.29 is 9.90 Å². The Balaban J connectivity index is 2.59. The third-order valence-corrected chi connectivity index (χ3v) is 1.12. The van der Waals surface area contributed by atoms with Crippen molar-refractivity contribution in [1.82, 2.24) is 9.55 Å². The Kier molecular flexibility index (Phi) is 2.17. The molecule has 0 spiro atoms. The zero-order valence-corrected chi connectivity index (χ0v) is 5.40. The first-order valence-corrected chi connectivity index (χ1v) is 2.96. The van der Waals surface area contributed by atoms with Gasteiger partial charge in [0.05, 0.1) is 13.0 Å². The average Bonchev–Trinajstić information content (AvgIpc) is 2.38. The fraction of sp³-hybridized carbons (Fsp3) is 0.333. The first-order valence-electron chi connectivity index (χ1n) is 2.96. The summed E-state index contributed by atoms with van der Waals surface area (Å²) in [5.41, 5.74) is 0. The van der Waals surface area contributed by atoms with Crippen LogP contribution in [0.5, 0.6) is 0 Å². The van der Waals surface area contributed by atoms with Crippen molar-refractivity contribution >= 4 is 5.91 Å². The van der Waals surface area contributed by atoms with Gasteiger partial charge < -0.3 is 5.11 Å². The molecular formula is C6H8N2O2. The predicted molar refractivity (Wildman–Crippen MR) is 34.6 cm³/mol. The fourth-order valence-corrected chi connectivity index (χ4v) is 0.631. The molecule has 0 saturated carbocycles. The van der Waals surface area contributed by atoms with Crippen LogP contribution in [0.1, 0.15) is 11.2 Å². The molecule has 0 saturated heterocycles. The van der Waals surface area contributed by atoms with Crippen LogP contribution in [0.2, 0.25) is 0 Å². The number of carbonyl (C=O) groups is 1. The van der Waals surface area contributed by atoms with E-state index in [-0.39, 0.29) is 18.9 Å². The lowest BCUT2D eigenvalue weighted by Crippen LogP contribution is -2.09. The van der Waals surface area contributed by atoms with E-state index < -0.39 is 0 Å². The van der Waals surface area contributed by atoms with Crippen LogP contribution in [0.25, 0.3) is 0 Å². The van der Waals surface area contributed by atoms with E-state index >= 15 is 0 Å². The van der Waals surface area contributed by atoms with Crippen molar-refractivity contribution in [3.8, 4) is 0 Å². The Morgan fingerprint density at radius 2 is 2.50 bits per heavy atom. The fourth-order valence-electron chi connectivity index (χ4n) is 0.631. The van der Waals surface area contributed by atoms with Crippen molar-refractivity contribution in [2.24, 2.45) is 0 Å². The van der Waals surface area contributed by atoms with Crippen LogP contribution in [0.15, 0.2) is 18.7 Å². The molecule has 0 aliphatic heterocycles. The minimum atomic E-state index is -0.139. The van der Waals surface area contributed by atoms with E-state index in [1.165, 1.54) is 17.1 Å². The zero-order valence-electron chi connectivity index (χ0n) is 5.40. The molecule has 0 fully saturated rings. The highest BCUT2D eigenvalue weighted by Gasteiger charge is 2.00. The lowest BCUT2D eigenvalue weighted by Gasteiger charge is -1.95. The van der Waals surface area contributed by atoms with Gasteiger partial charge in [-0.15, -0.1) is 0 Å². The molecule has 0 unspecified atom stereocenters. The predicted octanol–water partition coefficient (Wildman–Crippen LogP) is -0.0943.